The number of nitrogens with one attached hydrogen (secondary N) is 1. The fourth-order valence-electron chi connectivity index (χ4n) is 2.35. The summed E-state index contributed by atoms with van der Waals surface area (Å²) in [6, 6.07) is 6.05. The molecule has 1 aliphatic rings. The van der Waals surface area contributed by atoms with Crippen molar-refractivity contribution in [1.29, 1.82) is 0 Å². The van der Waals surface area contributed by atoms with Crippen LogP contribution >= 0.6 is 11.6 Å². The summed E-state index contributed by atoms with van der Waals surface area (Å²) in [5, 5.41) is 8.26. The zero-order valence-corrected chi connectivity index (χ0v) is 12.4. The number of rotatable bonds is 3. The molecule has 20 heavy (non-hydrogen) atoms. The first kappa shape index (κ1) is 13.6. The lowest BCUT2D eigenvalue weighted by Gasteiger charge is -2.25. The van der Waals surface area contributed by atoms with E-state index in [1.807, 2.05) is 18.2 Å². The third-order valence-electron chi connectivity index (χ3n) is 3.38. The lowest BCUT2D eigenvalue weighted by Crippen LogP contribution is -2.29. The van der Waals surface area contributed by atoms with Gasteiger partial charge in [-0.25, -0.2) is 9.67 Å². The van der Waals surface area contributed by atoms with Crippen LogP contribution in [0.2, 0.25) is 5.02 Å². The Hall–Kier alpha value is -1.40. The average molecular weight is 311 g/mol. The number of anilines is 1. The fraction of sp³-hybridized carbons (Fsp3) is 0.385. The van der Waals surface area contributed by atoms with E-state index >= 15 is 0 Å². The Morgan fingerprint density at radius 2 is 2.15 bits per heavy atom. The predicted octanol–water partition coefficient (Wildman–Crippen LogP) is 2.24. The minimum atomic E-state index is -0.652. The first-order valence-corrected chi connectivity index (χ1v) is 8.35. The highest BCUT2D eigenvalue weighted by Gasteiger charge is 2.19. The maximum atomic E-state index is 11.4. The predicted molar refractivity (Wildman–Crippen MR) is 80.9 cm³/mol. The van der Waals surface area contributed by atoms with Crippen LogP contribution in [0.3, 0.4) is 0 Å². The molecule has 106 valence electrons. The second kappa shape index (κ2) is 5.93. The molecule has 0 aliphatic carbocycles. The molecule has 0 saturated carbocycles. The molecule has 1 aromatic carbocycles. The highest BCUT2D eigenvalue weighted by Crippen LogP contribution is 2.29. The van der Waals surface area contributed by atoms with Crippen LogP contribution in [0.25, 0.3) is 5.69 Å². The normalized spacial score (nSPS) is 22.6. The molecule has 3 rings (SSSR count). The third-order valence-corrected chi connectivity index (χ3v) is 5.07. The molecule has 0 bridgehead atoms. The summed E-state index contributed by atoms with van der Waals surface area (Å²) in [5.74, 6) is 1.52. The monoisotopic (exact) mass is 310 g/mol. The first-order chi connectivity index (χ1) is 9.74. The van der Waals surface area contributed by atoms with E-state index in [-0.39, 0.29) is 0 Å². The highest BCUT2D eigenvalue weighted by molar-refractivity contribution is 7.85. The van der Waals surface area contributed by atoms with E-state index < -0.39 is 10.8 Å². The van der Waals surface area contributed by atoms with E-state index in [2.05, 4.69) is 15.4 Å². The van der Waals surface area contributed by atoms with E-state index in [4.69, 9.17) is 11.6 Å². The van der Waals surface area contributed by atoms with Crippen LogP contribution < -0.4 is 5.32 Å². The number of hydrogen-bond acceptors (Lipinski definition) is 4. The minimum absolute atomic E-state index is 0.327. The Balaban J connectivity index is 1.86. The van der Waals surface area contributed by atoms with Crippen LogP contribution in [-0.4, -0.2) is 36.5 Å². The van der Waals surface area contributed by atoms with Crippen LogP contribution in [-0.2, 0) is 10.8 Å². The molecule has 1 N–H and O–H groups in total. The molecule has 7 heteroatoms. The maximum absolute atomic E-state index is 11.4. The van der Waals surface area contributed by atoms with Crippen molar-refractivity contribution in [1.82, 2.24) is 14.8 Å². The van der Waals surface area contributed by atoms with Crippen LogP contribution in [0.15, 0.2) is 30.9 Å². The van der Waals surface area contributed by atoms with Gasteiger partial charge < -0.3 is 5.32 Å². The van der Waals surface area contributed by atoms with Crippen molar-refractivity contribution in [3.8, 4) is 5.69 Å². The summed E-state index contributed by atoms with van der Waals surface area (Å²) in [4.78, 5) is 3.96. The van der Waals surface area contributed by atoms with E-state index in [0.717, 1.165) is 35.7 Å². The van der Waals surface area contributed by atoms with Crippen molar-refractivity contribution in [3.05, 3.63) is 35.9 Å². The number of hydrogen-bond donors (Lipinski definition) is 1. The van der Waals surface area contributed by atoms with Gasteiger partial charge in [0.2, 0.25) is 0 Å². The van der Waals surface area contributed by atoms with Gasteiger partial charge in [-0.1, -0.05) is 17.7 Å². The molecule has 0 spiro atoms. The van der Waals surface area contributed by atoms with E-state index in [0.29, 0.717) is 11.1 Å². The van der Waals surface area contributed by atoms with Crippen molar-refractivity contribution in [2.75, 3.05) is 16.8 Å². The molecule has 1 aromatic heterocycles. The second-order valence-corrected chi connectivity index (χ2v) is 6.85. The molecule has 0 amide bonds. The number of benzene rings is 1. The Morgan fingerprint density at radius 1 is 1.35 bits per heavy atom. The van der Waals surface area contributed by atoms with Crippen molar-refractivity contribution >= 4 is 28.1 Å². The second-order valence-electron chi connectivity index (χ2n) is 4.74. The van der Waals surface area contributed by atoms with Crippen molar-refractivity contribution in [2.24, 2.45) is 0 Å². The van der Waals surface area contributed by atoms with Gasteiger partial charge in [0, 0.05) is 28.3 Å². The van der Waals surface area contributed by atoms with Gasteiger partial charge in [-0.15, -0.1) is 0 Å². The molecule has 1 saturated heterocycles. The number of halogens is 1. The molecule has 2 heterocycles. The van der Waals surface area contributed by atoms with Gasteiger partial charge in [0.15, 0.2) is 0 Å². The molecule has 0 atom stereocenters. The van der Waals surface area contributed by atoms with Gasteiger partial charge in [-0.05, 0) is 25.0 Å². The fourth-order valence-corrected chi connectivity index (χ4v) is 3.91. The summed E-state index contributed by atoms with van der Waals surface area (Å²) >= 11 is 6.28. The number of aromatic nitrogens is 3. The van der Waals surface area contributed by atoms with Crippen LogP contribution in [0, 0.1) is 0 Å². The zero-order chi connectivity index (χ0) is 13.9. The van der Waals surface area contributed by atoms with Crippen molar-refractivity contribution < 1.29 is 4.21 Å². The first-order valence-electron chi connectivity index (χ1n) is 6.49. The highest BCUT2D eigenvalue weighted by atomic mass is 35.5. The zero-order valence-electron chi connectivity index (χ0n) is 10.8. The topological polar surface area (TPSA) is 59.8 Å². The summed E-state index contributed by atoms with van der Waals surface area (Å²) < 4.78 is 13.1. The number of nitrogens with zero attached hydrogens (tertiary/aromatic N) is 3. The van der Waals surface area contributed by atoms with E-state index in [1.165, 1.54) is 6.33 Å². The maximum Gasteiger partial charge on any atom is 0.138 e. The number of para-hydroxylation sites is 1. The van der Waals surface area contributed by atoms with Crippen molar-refractivity contribution in [3.63, 3.8) is 0 Å². The Labute approximate surface area is 124 Å². The molecule has 2 aromatic rings. The largest absolute Gasteiger partial charge is 0.380 e. The van der Waals surface area contributed by atoms with E-state index in [1.54, 1.807) is 11.0 Å². The summed E-state index contributed by atoms with van der Waals surface area (Å²) in [6.07, 6.45) is 4.94. The Morgan fingerprint density at radius 3 is 2.85 bits per heavy atom. The van der Waals surface area contributed by atoms with Gasteiger partial charge in [0.05, 0.1) is 10.7 Å². The molecule has 0 unspecified atom stereocenters. The minimum Gasteiger partial charge on any atom is -0.380 e. The lowest BCUT2D eigenvalue weighted by molar-refractivity contribution is 0.623. The van der Waals surface area contributed by atoms with Crippen LogP contribution in [0.4, 0.5) is 5.69 Å². The lowest BCUT2D eigenvalue weighted by atomic mass is 10.1. The standard InChI is InChI=1S/C13H15ClN4OS/c14-11-2-1-3-12(13(11)18-9-15-8-16-18)17-10-4-6-20(19)7-5-10/h1-3,8-10,17H,4-7H2. The molecular weight excluding hydrogens is 296 g/mol. The molecular formula is C13H15ClN4OS. The van der Waals surface area contributed by atoms with Gasteiger partial charge in [-0.3, -0.25) is 4.21 Å². The molecule has 1 fully saturated rings. The van der Waals surface area contributed by atoms with E-state index in [9.17, 15) is 4.21 Å². The van der Waals surface area contributed by atoms with Gasteiger partial charge >= 0.3 is 0 Å². The Kier molecular flexibility index (Phi) is 4.03. The summed E-state index contributed by atoms with van der Waals surface area (Å²) in [7, 11) is -0.652. The van der Waals surface area contributed by atoms with Gasteiger partial charge in [0.25, 0.3) is 0 Å². The van der Waals surface area contributed by atoms with Gasteiger partial charge in [0.1, 0.15) is 18.3 Å². The van der Waals surface area contributed by atoms with Crippen molar-refractivity contribution in [2.45, 2.75) is 18.9 Å². The SMILES string of the molecule is O=S1CCC(Nc2cccc(Cl)c2-n2cncn2)CC1. The molecule has 1 aliphatic heterocycles. The van der Waals surface area contributed by atoms with Crippen LogP contribution in [0.1, 0.15) is 12.8 Å². The molecule has 5 nitrogen and oxygen atoms in total. The quantitative estimate of drug-likeness (QED) is 0.944. The smallest absolute Gasteiger partial charge is 0.138 e. The van der Waals surface area contributed by atoms with Crippen LogP contribution in [0.5, 0.6) is 0 Å². The summed E-state index contributed by atoms with van der Waals surface area (Å²) in [5.41, 5.74) is 1.74. The Bertz CT molecular complexity index is 607. The molecule has 0 radical (unpaired) electrons. The van der Waals surface area contributed by atoms with Gasteiger partial charge in [-0.2, -0.15) is 5.10 Å². The third kappa shape index (κ3) is 2.86. The summed E-state index contributed by atoms with van der Waals surface area (Å²) in [6.45, 7) is 0. The average Bonchev–Trinajstić information content (AvgIpc) is 2.95.